The van der Waals surface area contributed by atoms with Gasteiger partial charge in [-0.2, -0.15) is 4.98 Å². The third-order valence-electron chi connectivity index (χ3n) is 7.07. The Morgan fingerprint density at radius 2 is 1.62 bits per heavy atom. The lowest BCUT2D eigenvalue weighted by Gasteiger charge is -2.32. The zero-order valence-corrected chi connectivity index (χ0v) is 27.8. The number of ether oxygens (including phenoxy) is 3. The number of aromatic nitrogens is 2. The Morgan fingerprint density at radius 1 is 0.978 bits per heavy atom. The van der Waals surface area contributed by atoms with Gasteiger partial charge < -0.3 is 9.47 Å². The third-order valence-corrected chi connectivity index (χ3v) is 7.07. The fraction of sp³-hybridized carbons (Fsp3) is 0.514. The van der Waals surface area contributed by atoms with Gasteiger partial charge >= 0.3 is 6.36 Å². The summed E-state index contributed by atoms with van der Waals surface area (Å²) >= 11 is 0. The number of halogens is 3. The maximum atomic E-state index is 13.3. The smallest absolute Gasteiger partial charge is 0.476 e. The number of carbonyl (C=O) groups excluding carboxylic acids is 1. The summed E-state index contributed by atoms with van der Waals surface area (Å²) in [5.41, 5.74) is 5.50. The molecule has 10 heteroatoms. The number of hydrogen-bond acceptors (Lipinski definition) is 7. The standard InChI is InChI=1S/C32H40F3N3O3.C3H8O/c1-21(2)16-27(20-40-30-18-28(36-25(6)37-30)31-23(4)11-8-12-24(31)5)38(14-9-15-41-32(33,34)35)19-29(39)26-13-7-10-22(3)17-26;1-3-4-2/h7-8,10-13,17-18,21,27H,9,14-16,19-20H2,1-6H3;3H2,1-2H3/t27-;/m1./s1. The van der Waals surface area contributed by atoms with Crippen LogP contribution in [0.1, 0.15) is 66.5 Å². The summed E-state index contributed by atoms with van der Waals surface area (Å²) in [6, 6.07) is 15.0. The average Bonchev–Trinajstić information content (AvgIpc) is 2.96. The van der Waals surface area contributed by atoms with Gasteiger partial charge in [0.25, 0.3) is 0 Å². The first-order valence-corrected chi connectivity index (χ1v) is 15.3. The zero-order valence-electron chi connectivity index (χ0n) is 27.8. The minimum absolute atomic E-state index is 0.0483. The topological polar surface area (TPSA) is 73.8 Å². The maximum Gasteiger partial charge on any atom is 0.522 e. The second kappa shape index (κ2) is 18.6. The first-order valence-electron chi connectivity index (χ1n) is 15.3. The Bertz CT molecular complexity index is 1330. The van der Waals surface area contributed by atoms with E-state index in [-0.39, 0.29) is 43.9 Å². The van der Waals surface area contributed by atoms with Crippen LogP contribution in [-0.2, 0) is 9.47 Å². The predicted octanol–water partition coefficient (Wildman–Crippen LogP) is 7.93. The van der Waals surface area contributed by atoms with Gasteiger partial charge in [0.2, 0.25) is 5.88 Å². The molecule has 1 heterocycles. The van der Waals surface area contributed by atoms with E-state index in [4.69, 9.17) is 4.74 Å². The number of Topliss-reactive ketones (excluding diaryl/α,β-unsaturated/α-hetero) is 1. The number of aryl methyl sites for hydroxylation is 4. The highest BCUT2D eigenvalue weighted by Gasteiger charge is 2.29. The Balaban J connectivity index is 0.00000166. The molecule has 0 aliphatic heterocycles. The molecule has 0 aliphatic rings. The molecule has 1 atom stereocenters. The highest BCUT2D eigenvalue weighted by molar-refractivity contribution is 5.97. The number of carbonyl (C=O) groups is 1. The minimum Gasteiger partial charge on any atom is -0.476 e. The number of methoxy groups -OCH3 is 1. The molecule has 45 heavy (non-hydrogen) atoms. The van der Waals surface area contributed by atoms with Crippen molar-refractivity contribution in [3.63, 3.8) is 0 Å². The van der Waals surface area contributed by atoms with E-state index in [1.54, 1.807) is 13.2 Å². The molecule has 3 rings (SSSR count). The van der Waals surface area contributed by atoms with Crippen molar-refractivity contribution in [2.24, 2.45) is 5.92 Å². The highest BCUT2D eigenvalue weighted by atomic mass is 19.4. The molecule has 7 nitrogen and oxygen atoms in total. The number of benzene rings is 2. The fourth-order valence-corrected chi connectivity index (χ4v) is 4.95. The maximum absolute atomic E-state index is 13.3. The van der Waals surface area contributed by atoms with Gasteiger partial charge in [-0.1, -0.05) is 55.8 Å². The Labute approximate surface area is 266 Å². The number of hydrogen-bond donors (Lipinski definition) is 0. The summed E-state index contributed by atoms with van der Waals surface area (Å²) in [7, 11) is 1.68. The first-order chi connectivity index (χ1) is 21.2. The van der Waals surface area contributed by atoms with Gasteiger partial charge in [-0.25, -0.2) is 4.98 Å². The third kappa shape index (κ3) is 13.7. The molecule has 0 aliphatic carbocycles. The molecule has 2 aromatic carbocycles. The summed E-state index contributed by atoms with van der Waals surface area (Å²) in [5.74, 6) is 1.13. The molecule has 1 aromatic heterocycles. The summed E-state index contributed by atoms with van der Waals surface area (Å²) in [6.45, 7) is 14.7. The molecule has 0 saturated carbocycles. The second-order valence-corrected chi connectivity index (χ2v) is 11.5. The van der Waals surface area contributed by atoms with E-state index < -0.39 is 13.0 Å². The van der Waals surface area contributed by atoms with Crippen molar-refractivity contribution in [1.29, 1.82) is 0 Å². The van der Waals surface area contributed by atoms with Gasteiger partial charge in [0, 0.05) is 43.5 Å². The first kappa shape index (κ1) is 37.8. The Kier molecular flexibility index (Phi) is 15.6. The molecule has 248 valence electrons. The van der Waals surface area contributed by atoms with E-state index >= 15 is 0 Å². The van der Waals surface area contributed by atoms with E-state index in [1.807, 2.05) is 82.0 Å². The summed E-state index contributed by atoms with van der Waals surface area (Å²) in [6.07, 6.45) is -3.91. The lowest BCUT2D eigenvalue weighted by atomic mass is 10.00. The van der Waals surface area contributed by atoms with Gasteiger partial charge in [0.15, 0.2) is 5.78 Å². The van der Waals surface area contributed by atoms with E-state index in [0.717, 1.165) is 34.6 Å². The van der Waals surface area contributed by atoms with Crippen molar-refractivity contribution in [2.45, 2.75) is 73.7 Å². The molecule has 0 saturated heterocycles. The molecule has 0 radical (unpaired) electrons. The average molecular weight is 632 g/mol. The molecule has 0 amide bonds. The minimum atomic E-state index is -4.69. The predicted molar refractivity (Wildman–Crippen MR) is 172 cm³/mol. The van der Waals surface area contributed by atoms with Crippen LogP contribution < -0.4 is 4.74 Å². The van der Waals surface area contributed by atoms with Gasteiger partial charge in [-0.05, 0) is 70.6 Å². The van der Waals surface area contributed by atoms with Gasteiger partial charge in [0.05, 0.1) is 18.8 Å². The van der Waals surface area contributed by atoms with Crippen molar-refractivity contribution in [3.05, 3.63) is 76.6 Å². The van der Waals surface area contributed by atoms with Crippen LogP contribution in [-0.4, -0.2) is 73.1 Å². The zero-order chi connectivity index (χ0) is 33.6. The van der Waals surface area contributed by atoms with Crippen LogP contribution in [0, 0.1) is 33.6 Å². The second-order valence-electron chi connectivity index (χ2n) is 11.5. The van der Waals surface area contributed by atoms with E-state index in [0.29, 0.717) is 23.7 Å². The van der Waals surface area contributed by atoms with Crippen molar-refractivity contribution in [3.8, 4) is 17.1 Å². The number of rotatable bonds is 15. The lowest BCUT2D eigenvalue weighted by Crippen LogP contribution is -2.44. The summed E-state index contributed by atoms with van der Waals surface area (Å²) in [5, 5.41) is 0. The largest absolute Gasteiger partial charge is 0.522 e. The van der Waals surface area contributed by atoms with Gasteiger partial charge in [-0.3, -0.25) is 14.4 Å². The monoisotopic (exact) mass is 631 g/mol. The van der Waals surface area contributed by atoms with Crippen LogP contribution in [0.3, 0.4) is 0 Å². The van der Waals surface area contributed by atoms with Crippen molar-refractivity contribution in [1.82, 2.24) is 14.9 Å². The Hall–Kier alpha value is -3.34. The number of nitrogens with zero attached hydrogens (tertiary/aromatic N) is 3. The van der Waals surface area contributed by atoms with Crippen LogP contribution >= 0.6 is 0 Å². The van der Waals surface area contributed by atoms with Crippen LogP contribution in [0.5, 0.6) is 5.88 Å². The van der Waals surface area contributed by atoms with Gasteiger partial charge in [-0.15, -0.1) is 13.2 Å². The van der Waals surface area contributed by atoms with E-state index in [2.05, 4.69) is 33.3 Å². The molecular weight excluding hydrogens is 583 g/mol. The molecule has 0 fully saturated rings. The van der Waals surface area contributed by atoms with Crippen LogP contribution in [0.15, 0.2) is 48.5 Å². The van der Waals surface area contributed by atoms with Gasteiger partial charge in [0.1, 0.15) is 12.4 Å². The quantitative estimate of drug-likeness (QED) is 0.125. The van der Waals surface area contributed by atoms with Crippen molar-refractivity contribution in [2.75, 3.05) is 40.0 Å². The number of ketones is 1. The van der Waals surface area contributed by atoms with Crippen LogP contribution in [0.2, 0.25) is 0 Å². The molecule has 0 spiro atoms. The van der Waals surface area contributed by atoms with E-state index in [1.165, 1.54) is 0 Å². The highest BCUT2D eigenvalue weighted by Crippen LogP contribution is 2.28. The Morgan fingerprint density at radius 3 is 2.20 bits per heavy atom. The molecular formula is C35H48F3N3O4. The van der Waals surface area contributed by atoms with E-state index in [9.17, 15) is 18.0 Å². The lowest BCUT2D eigenvalue weighted by molar-refractivity contribution is -0.324. The summed E-state index contributed by atoms with van der Waals surface area (Å²) in [4.78, 5) is 24.3. The van der Waals surface area contributed by atoms with Crippen LogP contribution in [0.4, 0.5) is 13.2 Å². The van der Waals surface area contributed by atoms with Crippen molar-refractivity contribution < 1.29 is 32.2 Å². The molecule has 0 unspecified atom stereocenters. The normalized spacial score (nSPS) is 12.2. The molecule has 0 N–H and O–H groups in total. The summed E-state index contributed by atoms with van der Waals surface area (Å²) < 4.78 is 52.6. The van der Waals surface area contributed by atoms with Crippen LogP contribution in [0.25, 0.3) is 11.3 Å². The number of alkyl halides is 3. The molecule has 0 bridgehead atoms. The van der Waals surface area contributed by atoms with Crippen molar-refractivity contribution >= 4 is 5.78 Å². The molecule has 3 aromatic rings. The SMILES string of the molecule is CCOC.Cc1cccc(C(=O)CN(CCCOC(F)(F)F)[C@@H](COc2cc(-c3c(C)cccc3C)nc(C)n2)CC(C)C)c1. The fourth-order valence-electron chi connectivity index (χ4n) is 4.95.